The Balaban J connectivity index is 0. The van der Waals surface area contributed by atoms with Crippen molar-refractivity contribution < 1.29 is 0 Å². The van der Waals surface area contributed by atoms with E-state index in [1.807, 2.05) is 26.8 Å². The lowest BCUT2D eigenvalue weighted by Crippen LogP contribution is -2.27. The molecule has 0 aromatic heterocycles. The van der Waals surface area contributed by atoms with Crippen LogP contribution in [0.15, 0.2) is 29.4 Å². The van der Waals surface area contributed by atoms with Crippen LogP contribution < -0.4 is 11.5 Å². The molecule has 0 aromatic rings. The van der Waals surface area contributed by atoms with Crippen LogP contribution >= 0.6 is 0 Å². The van der Waals surface area contributed by atoms with Crippen LogP contribution in [-0.4, -0.2) is 18.8 Å². The van der Waals surface area contributed by atoms with E-state index in [1.165, 1.54) is 19.3 Å². The molecule has 0 heterocycles. The van der Waals surface area contributed by atoms with Crippen LogP contribution in [0.4, 0.5) is 0 Å². The van der Waals surface area contributed by atoms with Crippen LogP contribution in [0.1, 0.15) is 40.0 Å². The Morgan fingerprint density at radius 3 is 2.19 bits per heavy atom. The van der Waals surface area contributed by atoms with Gasteiger partial charge in [-0.15, -0.1) is 0 Å². The fourth-order valence-corrected chi connectivity index (χ4v) is 0.850. The standard InChI is InChI=1S/C7H12N2.C4H9N.C2H6/c1-3-4-7(2)9-6-5-8;5-4-2-1-3-4;1-2/h3-4,6H,1,5,8H2,2H3;4H,1-3,5H2;1-2H3/b7-4-,9-6?;;. The summed E-state index contributed by atoms with van der Waals surface area (Å²) in [7, 11) is 0. The number of nitrogens with two attached hydrogens (primary N) is 2. The summed E-state index contributed by atoms with van der Waals surface area (Å²) >= 11 is 0. The maximum Gasteiger partial charge on any atom is 0.0369 e. The summed E-state index contributed by atoms with van der Waals surface area (Å²) in [4.78, 5) is 3.97. The molecule has 16 heavy (non-hydrogen) atoms. The summed E-state index contributed by atoms with van der Waals surface area (Å²) in [6.07, 6.45) is 9.08. The van der Waals surface area contributed by atoms with Crippen molar-refractivity contribution in [2.24, 2.45) is 16.5 Å². The van der Waals surface area contributed by atoms with Gasteiger partial charge < -0.3 is 11.5 Å². The van der Waals surface area contributed by atoms with Crippen molar-refractivity contribution in [3.63, 3.8) is 0 Å². The number of allylic oxidation sites excluding steroid dienone is 3. The second-order valence-electron chi connectivity index (χ2n) is 3.28. The predicted octanol–water partition coefficient (Wildman–Crippen LogP) is 2.63. The second kappa shape index (κ2) is 14.1. The molecule has 3 heteroatoms. The molecular weight excluding hydrogens is 198 g/mol. The van der Waals surface area contributed by atoms with Crippen LogP contribution in [0.3, 0.4) is 0 Å². The van der Waals surface area contributed by atoms with Crippen molar-refractivity contribution in [3.05, 3.63) is 24.4 Å². The smallest absolute Gasteiger partial charge is 0.0369 e. The highest BCUT2D eigenvalue weighted by Gasteiger charge is 2.09. The largest absolute Gasteiger partial charge is 0.328 e. The van der Waals surface area contributed by atoms with Gasteiger partial charge in [0.2, 0.25) is 0 Å². The summed E-state index contributed by atoms with van der Waals surface area (Å²) in [5.41, 5.74) is 11.5. The molecule has 0 bridgehead atoms. The van der Waals surface area contributed by atoms with Gasteiger partial charge in [0.25, 0.3) is 0 Å². The summed E-state index contributed by atoms with van der Waals surface area (Å²) in [6, 6.07) is 0.565. The third-order valence-electron chi connectivity index (χ3n) is 1.91. The second-order valence-corrected chi connectivity index (χ2v) is 3.28. The quantitative estimate of drug-likeness (QED) is 0.573. The van der Waals surface area contributed by atoms with E-state index in [0.29, 0.717) is 12.6 Å². The van der Waals surface area contributed by atoms with E-state index in [2.05, 4.69) is 11.6 Å². The maximum absolute atomic E-state index is 5.38. The summed E-state index contributed by atoms with van der Waals surface area (Å²) in [5.74, 6) is 0. The number of nitrogens with zero attached hydrogens (tertiary/aromatic N) is 1. The molecule has 0 atom stereocenters. The zero-order chi connectivity index (χ0) is 12.8. The average Bonchev–Trinajstić information content (AvgIpc) is 2.27. The topological polar surface area (TPSA) is 64.4 Å². The summed E-state index contributed by atoms with van der Waals surface area (Å²) in [5, 5.41) is 0. The normalized spacial score (nSPS) is 15.4. The summed E-state index contributed by atoms with van der Waals surface area (Å²) in [6.45, 7) is 9.91. The molecule has 0 aliphatic heterocycles. The van der Waals surface area contributed by atoms with Gasteiger partial charge in [0, 0.05) is 24.5 Å². The molecule has 3 nitrogen and oxygen atoms in total. The lowest BCUT2D eigenvalue weighted by Gasteiger charge is -2.18. The molecular formula is C13H27N3. The van der Waals surface area contributed by atoms with Gasteiger partial charge in [0.05, 0.1) is 0 Å². The van der Waals surface area contributed by atoms with E-state index < -0.39 is 0 Å². The summed E-state index contributed by atoms with van der Waals surface area (Å²) < 4.78 is 0. The van der Waals surface area contributed by atoms with Gasteiger partial charge in [0.1, 0.15) is 0 Å². The number of hydrogen-bond donors (Lipinski definition) is 2. The first-order chi connectivity index (χ1) is 7.70. The highest BCUT2D eigenvalue weighted by molar-refractivity contribution is 5.60. The first-order valence-corrected chi connectivity index (χ1v) is 5.98. The van der Waals surface area contributed by atoms with E-state index in [1.54, 1.807) is 12.3 Å². The van der Waals surface area contributed by atoms with Gasteiger partial charge in [-0.3, -0.25) is 4.99 Å². The number of aliphatic imine (C=N–C) groups is 1. The zero-order valence-electron chi connectivity index (χ0n) is 10.9. The number of rotatable bonds is 3. The number of hydrogen-bond acceptors (Lipinski definition) is 3. The Morgan fingerprint density at radius 2 is 1.94 bits per heavy atom. The first kappa shape index (κ1) is 17.5. The molecule has 0 unspecified atom stereocenters. The van der Waals surface area contributed by atoms with Crippen LogP contribution in [-0.2, 0) is 0 Å². The fraction of sp³-hybridized carbons (Fsp3) is 0.615. The van der Waals surface area contributed by atoms with E-state index in [0.717, 1.165) is 5.70 Å². The minimum atomic E-state index is 0.488. The van der Waals surface area contributed by atoms with Crippen molar-refractivity contribution in [1.29, 1.82) is 0 Å². The molecule has 94 valence electrons. The Hall–Kier alpha value is -0.930. The van der Waals surface area contributed by atoms with E-state index in [4.69, 9.17) is 11.5 Å². The van der Waals surface area contributed by atoms with E-state index in [-0.39, 0.29) is 0 Å². The molecule has 0 saturated heterocycles. The van der Waals surface area contributed by atoms with Gasteiger partial charge in [-0.1, -0.05) is 32.9 Å². The van der Waals surface area contributed by atoms with Crippen LogP contribution in [0, 0.1) is 0 Å². The van der Waals surface area contributed by atoms with Crippen molar-refractivity contribution in [3.8, 4) is 0 Å². The lowest BCUT2D eigenvalue weighted by atomic mass is 9.95. The SMILES string of the molecule is C=C/C=C(/C)N=CCN.CC.NC1CCC1. The van der Waals surface area contributed by atoms with Crippen LogP contribution in [0.5, 0.6) is 0 Å². The molecule has 1 aliphatic rings. The Bertz CT molecular complexity index is 203. The Kier molecular flexibility index (Phi) is 15.4. The van der Waals surface area contributed by atoms with E-state index >= 15 is 0 Å². The van der Waals surface area contributed by atoms with Gasteiger partial charge in [-0.05, 0) is 25.8 Å². The van der Waals surface area contributed by atoms with Crippen LogP contribution in [0.2, 0.25) is 0 Å². The minimum absolute atomic E-state index is 0.488. The van der Waals surface area contributed by atoms with Crippen molar-refractivity contribution in [2.45, 2.75) is 46.1 Å². The highest BCUT2D eigenvalue weighted by Crippen LogP contribution is 2.14. The highest BCUT2D eigenvalue weighted by atomic mass is 14.7. The molecule has 0 aromatic carbocycles. The molecule has 1 rings (SSSR count). The molecule has 1 fully saturated rings. The Labute approximate surface area is 100 Å². The molecule has 1 aliphatic carbocycles. The van der Waals surface area contributed by atoms with Crippen molar-refractivity contribution >= 4 is 6.21 Å². The first-order valence-electron chi connectivity index (χ1n) is 5.98. The molecule has 1 saturated carbocycles. The molecule has 4 N–H and O–H groups in total. The van der Waals surface area contributed by atoms with Crippen LogP contribution in [0.25, 0.3) is 0 Å². The maximum atomic E-state index is 5.38. The Morgan fingerprint density at radius 1 is 1.44 bits per heavy atom. The molecule has 0 radical (unpaired) electrons. The predicted molar refractivity (Wildman–Crippen MR) is 74.7 cm³/mol. The zero-order valence-corrected chi connectivity index (χ0v) is 10.9. The molecule has 0 amide bonds. The monoisotopic (exact) mass is 225 g/mol. The third-order valence-corrected chi connectivity index (χ3v) is 1.91. The van der Waals surface area contributed by atoms with Gasteiger partial charge >= 0.3 is 0 Å². The van der Waals surface area contributed by atoms with Gasteiger partial charge in [-0.25, -0.2) is 0 Å². The minimum Gasteiger partial charge on any atom is -0.328 e. The fourth-order valence-electron chi connectivity index (χ4n) is 0.850. The van der Waals surface area contributed by atoms with Gasteiger partial charge in [0.15, 0.2) is 0 Å². The van der Waals surface area contributed by atoms with E-state index in [9.17, 15) is 0 Å². The average molecular weight is 225 g/mol. The lowest BCUT2D eigenvalue weighted by molar-refractivity contribution is 0.418. The molecule has 0 spiro atoms. The van der Waals surface area contributed by atoms with Gasteiger partial charge in [-0.2, -0.15) is 0 Å². The third kappa shape index (κ3) is 13.1. The van der Waals surface area contributed by atoms with Crippen molar-refractivity contribution in [2.75, 3.05) is 6.54 Å². The van der Waals surface area contributed by atoms with Crippen molar-refractivity contribution in [1.82, 2.24) is 0 Å².